The van der Waals surface area contributed by atoms with Gasteiger partial charge in [-0.15, -0.1) is 0 Å². The van der Waals surface area contributed by atoms with Crippen molar-refractivity contribution in [2.45, 2.75) is 78.6 Å². The van der Waals surface area contributed by atoms with Crippen LogP contribution >= 0.6 is 0 Å². The second-order valence-corrected chi connectivity index (χ2v) is 14.4. The van der Waals surface area contributed by atoms with Crippen molar-refractivity contribution in [2.75, 3.05) is 32.5 Å². The second kappa shape index (κ2) is 13.6. The van der Waals surface area contributed by atoms with E-state index in [1.165, 1.54) is 37.0 Å². The fourth-order valence-corrected chi connectivity index (χ4v) is 9.13. The largest absolute Gasteiger partial charge is 0.515 e. The first-order valence-electron chi connectivity index (χ1n) is 9.70. The lowest BCUT2D eigenvalue weighted by Crippen LogP contribution is -2.54. The van der Waals surface area contributed by atoms with Gasteiger partial charge in [-0.1, -0.05) is 51.4 Å². The number of hydrogen-bond acceptors (Lipinski definition) is 4. The molecule has 0 saturated carbocycles. The normalized spacial score (nSPS) is 12.8. The van der Waals surface area contributed by atoms with Crippen molar-refractivity contribution in [1.29, 1.82) is 0 Å². The van der Waals surface area contributed by atoms with E-state index in [0.29, 0.717) is 19.8 Å². The van der Waals surface area contributed by atoms with Gasteiger partial charge in [0.1, 0.15) is 0 Å². The van der Waals surface area contributed by atoms with Gasteiger partial charge in [0.2, 0.25) is 0 Å². The van der Waals surface area contributed by atoms with E-state index in [4.69, 9.17) is 13.3 Å². The molecule has 23 heavy (non-hydrogen) atoms. The number of nitrogens with one attached hydrogen (secondary N) is 1. The summed E-state index contributed by atoms with van der Waals surface area (Å²) in [7, 11) is -3.46. The van der Waals surface area contributed by atoms with E-state index < -0.39 is 16.9 Å². The average Bonchev–Trinajstić information content (AvgIpc) is 2.56. The van der Waals surface area contributed by atoms with Crippen molar-refractivity contribution in [1.82, 2.24) is 5.32 Å². The Morgan fingerprint density at radius 3 is 1.57 bits per heavy atom. The van der Waals surface area contributed by atoms with E-state index in [-0.39, 0.29) is 0 Å². The van der Waals surface area contributed by atoms with Crippen molar-refractivity contribution < 1.29 is 13.3 Å². The number of unbranched alkanes of at least 4 members (excludes halogenated alkanes) is 1. The highest BCUT2D eigenvalue weighted by Crippen LogP contribution is 2.26. The van der Waals surface area contributed by atoms with Crippen LogP contribution in [0.3, 0.4) is 0 Å². The number of hydrogen-bond donors (Lipinski definition) is 1. The lowest BCUT2D eigenvalue weighted by Gasteiger charge is -2.29. The summed E-state index contributed by atoms with van der Waals surface area (Å²) in [4.78, 5) is 0. The first-order valence-corrected chi connectivity index (χ1v) is 14.5. The van der Waals surface area contributed by atoms with Gasteiger partial charge in [-0.05, 0) is 33.7 Å². The molecule has 0 aliphatic carbocycles. The van der Waals surface area contributed by atoms with Gasteiger partial charge >= 0.3 is 8.80 Å². The Balaban J connectivity index is 4.15. The van der Waals surface area contributed by atoms with Gasteiger partial charge in [-0.2, -0.15) is 0 Å². The maximum Gasteiger partial charge on any atom is 0.515 e. The van der Waals surface area contributed by atoms with E-state index in [0.717, 1.165) is 12.7 Å². The maximum absolute atomic E-state index is 5.86. The minimum Gasteiger partial charge on any atom is -0.373 e. The summed E-state index contributed by atoms with van der Waals surface area (Å²) in [5.74, 6) is 0. The van der Waals surface area contributed by atoms with Crippen molar-refractivity contribution in [3.05, 3.63) is 0 Å². The third-order valence-electron chi connectivity index (χ3n) is 4.99. The molecule has 4 nitrogen and oxygen atoms in total. The van der Waals surface area contributed by atoms with Crippen LogP contribution in [0, 0.1) is 0 Å². The van der Waals surface area contributed by atoms with Gasteiger partial charge in [0, 0.05) is 19.8 Å². The summed E-state index contributed by atoms with van der Waals surface area (Å²) in [6.07, 6.45) is 3.31. The molecule has 0 fully saturated rings. The fourth-order valence-electron chi connectivity index (χ4n) is 3.21. The predicted octanol–water partition coefficient (Wildman–Crippen LogP) is 4.45. The van der Waals surface area contributed by atoms with Gasteiger partial charge in [-0.25, -0.2) is 0 Å². The molecule has 1 N–H and O–H groups in total. The molecule has 0 saturated heterocycles. The Labute approximate surface area is 147 Å². The highest BCUT2D eigenvalue weighted by molar-refractivity contribution is 6.79. The van der Waals surface area contributed by atoms with Gasteiger partial charge in [0.05, 0.1) is 14.2 Å². The Hall–Kier alpha value is 0.274. The predicted molar refractivity (Wildman–Crippen MR) is 105 cm³/mol. The van der Waals surface area contributed by atoms with E-state index in [9.17, 15) is 0 Å². The van der Waals surface area contributed by atoms with Gasteiger partial charge < -0.3 is 18.6 Å². The zero-order valence-corrected chi connectivity index (χ0v) is 18.5. The lowest BCUT2D eigenvalue weighted by molar-refractivity contribution is 0.0701. The summed E-state index contributed by atoms with van der Waals surface area (Å²) in [5, 5.41) is 3.52. The average molecular weight is 364 g/mol. The lowest BCUT2D eigenvalue weighted by atomic mass is 10.3. The van der Waals surface area contributed by atoms with Crippen LogP contribution in [0.1, 0.15) is 54.4 Å². The van der Waals surface area contributed by atoms with Crippen molar-refractivity contribution in [3.63, 3.8) is 0 Å². The first kappa shape index (κ1) is 23.3. The molecule has 0 bridgehead atoms. The monoisotopic (exact) mass is 363 g/mol. The summed E-state index contributed by atoms with van der Waals surface area (Å²) < 4.78 is 17.6. The molecule has 0 aromatic heterocycles. The molecule has 0 atom stereocenters. The minimum absolute atomic E-state index is 0.644. The third kappa shape index (κ3) is 8.79. The molecule has 0 unspecified atom stereocenters. The van der Waals surface area contributed by atoms with E-state index in [2.05, 4.69) is 26.1 Å². The first-order chi connectivity index (χ1) is 11.1. The quantitative estimate of drug-likeness (QED) is 0.325. The summed E-state index contributed by atoms with van der Waals surface area (Å²) >= 11 is 0. The zero-order valence-electron chi connectivity index (χ0n) is 16.5. The molecular weight excluding hydrogens is 322 g/mol. The van der Waals surface area contributed by atoms with Crippen molar-refractivity contribution in [3.8, 4) is 0 Å². The minimum atomic E-state index is -2.52. The van der Waals surface area contributed by atoms with Gasteiger partial charge in [-0.3, -0.25) is 0 Å². The fraction of sp³-hybridized carbons (Fsp3) is 1.00. The highest BCUT2D eigenvalue weighted by Gasteiger charge is 2.39. The maximum atomic E-state index is 5.86. The second-order valence-electron chi connectivity index (χ2n) is 6.18. The summed E-state index contributed by atoms with van der Waals surface area (Å²) in [6.45, 7) is 16.2. The molecule has 0 heterocycles. The Bertz CT molecular complexity index is 251. The van der Waals surface area contributed by atoms with Gasteiger partial charge in [0.25, 0.3) is 0 Å². The van der Waals surface area contributed by atoms with Crippen LogP contribution in [0.2, 0.25) is 24.2 Å². The molecule has 0 rings (SSSR count). The Morgan fingerprint density at radius 2 is 1.17 bits per heavy atom. The molecule has 0 aromatic carbocycles. The van der Waals surface area contributed by atoms with Crippen molar-refractivity contribution >= 4 is 16.9 Å². The van der Waals surface area contributed by atoms with Crippen LogP contribution in [0.4, 0.5) is 0 Å². The molecule has 0 aromatic rings. The van der Waals surface area contributed by atoms with Gasteiger partial charge in [0.15, 0.2) is 0 Å². The molecular formula is C17H41NO3Si2. The van der Waals surface area contributed by atoms with E-state index in [1.54, 1.807) is 0 Å². The van der Waals surface area contributed by atoms with Crippen LogP contribution < -0.4 is 5.32 Å². The van der Waals surface area contributed by atoms with Crippen LogP contribution in [0.5, 0.6) is 0 Å². The molecule has 0 aliphatic rings. The summed E-state index contributed by atoms with van der Waals surface area (Å²) in [6, 6.07) is 5.77. The molecule has 0 aliphatic heterocycles. The van der Waals surface area contributed by atoms with Crippen LogP contribution in [-0.2, 0) is 13.3 Å². The molecule has 140 valence electrons. The smallest absolute Gasteiger partial charge is 0.373 e. The van der Waals surface area contributed by atoms with E-state index >= 15 is 0 Å². The zero-order chi connectivity index (χ0) is 17.6. The van der Waals surface area contributed by atoms with Crippen LogP contribution in [0.15, 0.2) is 0 Å². The van der Waals surface area contributed by atoms with Crippen LogP contribution in [0.25, 0.3) is 0 Å². The van der Waals surface area contributed by atoms with Crippen molar-refractivity contribution in [2.24, 2.45) is 0 Å². The highest BCUT2D eigenvalue weighted by atomic mass is 28.4. The molecule has 0 spiro atoms. The SMILES string of the molecule is CCO[Si](CNCCCC[Si](CC)(CC)CC)(OCC)OCC. The standard InChI is InChI=1S/C17H41NO3Si2/c1-7-19-23(20-8-2,21-9-3)17-18-15-13-14-16-22(10-4,11-5)12-6/h18H,7-17H2,1-6H3. The molecule has 0 amide bonds. The van der Waals surface area contributed by atoms with Crippen LogP contribution in [-0.4, -0.2) is 49.4 Å². The topological polar surface area (TPSA) is 39.7 Å². The molecule has 0 radical (unpaired) electrons. The van der Waals surface area contributed by atoms with E-state index in [1.807, 2.05) is 20.8 Å². The Kier molecular flexibility index (Phi) is 13.7. The third-order valence-corrected chi connectivity index (χ3v) is 13.8. The molecule has 6 heteroatoms. The summed E-state index contributed by atoms with van der Waals surface area (Å²) in [5.41, 5.74) is 0. The Morgan fingerprint density at radius 1 is 0.696 bits per heavy atom. The number of rotatable bonds is 16.